The van der Waals surface area contributed by atoms with E-state index in [-0.39, 0.29) is 5.91 Å². The van der Waals surface area contributed by atoms with Gasteiger partial charge >= 0.3 is 0 Å². The first-order valence-corrected chi connectivity index (χ1v) is 7.01. The quantitative estimate of drug-likeness (QED) is 0.925. The number of benzene rings is 1. The normalized spacial score (nSPS) is 10.3. The summed E-state index contributed by atoms with van der Waals surface area (Å²) < 4.78 is 6.07. The molecular weight excluding hydrogens is 314 g/mol. The number of hydrogen-bond donors (Lipinski definition) is 1. The Bertz CT molecular complexity index is 540. The smallest absolute Gasteiger partial charge is 0.265 e. The molecule has 0 aliphatic carbocycles. The topological polar surface area (TPSA) is 38.3 Å². The number of anilines is 1. The summed E-state index contributed by atoms with van der Waals surface area (Å²) in [6, 6.07) is 9.33. The SMILES string of the molecule is COCc1c(Br)cccc1NC(=O)c1cccs1. The van der Waals surface area contributed by atoms with E-state index in [1.165, 1.54) is 11.3 Å². The molecule has 0 atom stereocenters. The number of methoxy groups -OCH3 is 1. The summed E-state index contributed by atoms with van der Waals surface area (Å²) in [5.74, 6) is -0.0968. The Morgan fingerprint density at radius 1 is 1.39 bits per heavy atom. The van der Waals surface area contributed by atoms with Gasteiger partial charge in [-0.3, -0.25) is 4.79 Å². The molecule has 94 valence electrons. The van der Waals surface area contributed by atoms with Crippen LogP contribution in [0.15, 0.2) is 40.2 Å². The Morgan fingerprint density at radius 3 is 2.89 bits per heavy atom. The predicted molar refractivity (Wildman–Crippen MR) is 77.1 cm³/mol. The second kappa shape index (κ2) is 6.13. The molecule has 5 heteroatoms. The van der Waals surface area contributed by atoms with Gasteiger partial charge in [-0.2, -0.15) is 0 Å². The maximum absolute atomic E-state index is 12.0. The van der Waals surface area contributed by atoms with Gasteiger partial charge in [0.15, 0.2) is 0 Å². The number of carbonyl (C=O) groups is 1. The minimum Gasteiger partial charge on any atom is -0.380 e. The molecule has 0 unspecified atom stereocenters. The summed E-state index contributed by atoms with van der Waals surface area (Å²) in [5, 5.41) is 4.78. The van der Waals surface area contributed by atoms with Crippen LogP contribution in [0, 0.1) is 0 Å². The lowest BCUT2D eigenvalue weighted by Gasteiger charge is -2.11. The van der Waals surface area contributed by atoms with Crippen LogP contribution < -0.4 is 5.32 Å². The zero-order valence-electron chi connectivity index (χ0n) is 9.77. The van der Waals surface area contributed by atoms with Crippen LogP contribution in [0.3, 0.4) is 0 Å². The number of ether oxygens (including phenoxy) is 1. The van der Waals surface area contributed by atoms with Crippen molar-refractivity contribution in [1.82, 2.24) is 0 Å². The van der Waals surface area contributed by atoms with Gasteiger partial charge in [-0.25, -0.2) is 0 Å². The Hall–Kier alpha value is -1.17. The second-order valence-corrected chi connectivity index (χ2v) is 5.43. The molecule has 0 bridgehead atoms. The fraction of sp³-hybridized carbons (Fsp3) is 0.154. The third-order valence-electron chi connectivity index (χ3n) is 2.40. The molecule has 2 aromatic rings. The van der Waals surface area contributed by atoms with Crippen molar-refractivity contribution in [3.63, 3.8) is 0 Å². The van der Waals surface area contributed by atoms with Gasteiger partial charge in [-0.1, -0.05) is 28.1 Å². The van der Waals surface area contributed by atoms with Crippen LogP contribution in [0.1, 0.15) is 15.2 Å². The maximum Gasteiger partial charge on any atom is 0.265 e. The van der Waals surface area contributed by atoms with Gasteiger partial charge in [0, 0.05) is 22.8 Å². The molecule has 0 aliphatic rings. The fourth-order valence-corrected chi connectivity index (χ4v) is 2.66. The number of thiophene rings is 1. The van der Waals surface area contributed by atoms with Gasteiger partial charge in [0.1, 0.15) is 0 Å². The van der Waals surface area contributed by atoms with Crippen LogP contribution in [-0.2, 0) is 11.3 Å². The highest BCUT2D eigenvalue weighted by Crippen LogP contribution is 2.26. The predicted octanol–water partition coefficient (Wildman–Crippen LogP) is 3.91. The molecule has 0 spiro atoms. The monoisotopic (exact) mass is 325 g/mol. The fourth-order valence-electron chi connectivity index (χ4n) is 1.56. The maximum atomic E-state index is 12.0. The molecule has 3 nitrogen and oxygen atoms in total. The molecule has 1 N–H and O–H groups in total. The van der Waals surface area contributed by atoms with E-state index < -0.39 is 0 Å². The highest BCUT2D eigenvalue weighted by molar-refractivity contribution is 9.10. The van der Waals surface area contributed by atoms with Gasteiger partial charge < -0.3 is 10.1 Å². The summed E-state index contributed by atoms with van der Waals surface area (Å²) in [6.45, 7) is 0.446. The first-order chi connectivity index (χ1) is 8.72. The molecule has 1 amide bonds. The van der Waals surface area contributed by atoms with Crippen molar-refractivity contribution in [3.8, 4) is 0 Å². The van der Waals surface area contributed by atoms with E-state index >= 15 is 0 Å². The largest absolute Gasteiger partial charge is 0.380 e. The average molecular weight is 326 g/mol. The summed E-state index contributed by atoms with van der Waals surface area (Å²) in [7, 11) is 1.63. The van der Waals surface area contributed by atoms with Gasteiger partial charge in [-0.05, 0) is 23.6 Å². The minimum atomic E-state index is -0.0968. The summed E-state index contributed by atoms with van der Waals surface area (Å²) in [6.07, 6.45) is 0. The number of rotatable bonds is 4. The lowest BCUT2D eigenvalue weighted by atomic mass is 10.2. The molecule has 0 radical (unpaired) electrons. The highest BCUT2D eigenvalue weighted by Gasteiger charge is 2.11. The van der Waals surface area contributed by atoms with E-state index in [4.69, 9.17) is 4.74 Å². The zero-order chi connectivity index (χ0) is 13.0. The Balaban J connectivity index is 2.23. The van der Waals surface area contributed by atoms with Crippen LogP contribution >= 0.6 is 27.3 Å². The van der Waals surface area contributed by atoms with Crippen molar-refractivity contribution >= 4 is 38.9 Å². The van der Waals surface area contributed by atoms with Crippen molar-refractivity contribution in [2.75, 3.05) is 12.4 Å². The lowest BCUT2D eigenvalue weighted by Crippen LogP contribution is -2.12. The molecule has 1 aromatic carbocycles. The van der Waals surface area contributed by atoms with E-state index in [2.05, 4.69) is 21.2 Å². The molecule has 0 saturated heterocycles. The van der Waals surface area contributed by atoms with Crippen LogP contribution in [0.5, 0.6) is 0 Å². The molecule has 0 saturated carbocycles. The molecule has 0 aliphatic heterocycles. The average Bonchev–Trinajstić information content (AvgIpc) is 2.87. The standard InChI is InChI=1S/C13H12BrNO2S/c1-17-8-9-10(14)4-2-5-11(9)15-13(16)12-6-3-7-18-12/h2-7H,8H2,1H3,(H,15,16). The molecule has 18 heavy (non-hydrogen) atoms. The van der Waals surface area contributed by atoms with Gasteiger partial charge in [-0.15, -0.1) is 11.3 Å². The van der Waals surface area contributed by atoms with Gasteiger partial charge in [0.05, 0.1) is 11.5 Å². The zero-order valence-corrected chi connectivity index (χ0v) is 12.2. The molecule has 0 fully saturated rings. The Morgan fingerprint density at radius 2 is 2.22 bits per heavy atom. The second-order valence-electron chi connectivity index (χ2n) is 3.63. The Labute approximate surface area is 118 Å². The van der Waals surface area contributed by atoms with E-state index in [1.54, 1.807) is 13.2 Å². The van der Waals surface area contributed by atoms with Crippen molar-refractivity contribution in [3.05, 3.63) is 50.6 Å². The molecular formula is C13H12BrNO2S. The van der Waals surface area contributed by atoms with E-state index in [0.29, 0.717) is 11.5 Å². The minimum absolute atomic E-state index is 0.0968. The molecule has 2 rings (SSSR count). The third kappa shape index (κ3) is 2.98. The third-order valence-corrected chi connectivity index (χ3v) is 4.01. The van der Waals surface area contributed by atoms with Gasteiger partial charge in [0.2, 0.25) is 0 Å². The van der Waals surface area contributed by atoms with Crippen molar-refractivity contribution < 1.29 is 9.53 Å². The first kappa shape index (κ1) is 13.3. The van der Waals surface area contributed by atoms with Crippen molar-refractivity contribution in [2.45, 2.75) is 6.61 Å². The van der Waals surface area contributed by atoms with Crippen LogP contribution in [0.4, 0.5) is 5.69 Å². The molecule has 1 heterocycles. The number of halogens is 1. The van der Waals surface area contributed by atoms with E-state index in [0.717, 1.165) is 15.7 Å². The van der Waals surface area contributed by atoms with Crippen molar-refractivity contribution in [2.24, 2.45) is 0 Å². The first-order valence-electron chi connectivity index (χ1n) is 5.33. The number of nitrogens with one attached hydrogen (secondary N) is 1. The number of hydrogen-bond acceptors (Lipinski definition) is 3. The summed E-state index contributed by atoms with van der Waals surface area (Å²) in [5.41, 5.74) is 1.70. The summed E-state index contributed by atoms with van der Waals surface area (Å²) in [4.78, 5) is 12.7. The van der Waals surface area contributed by atoms with E-state index in [9.17, 15) is 4.79 Å². The van der Waals surface area contributed by atoms with Crippen LogP contribution in [0.2, 0.25) is 0 Å². The number of carbonyl (C=O) groups excluding carboxylic acids is 1. The van der Waals surface area contributed by atoms with Crippen molar-refractivity contribution in [1.29, 1.82) is 0 Å². The molecule has 1 aromatic heterocycles. The summed E-state index contributed by atoms with van der Waals surface area (Å²) >= 11 is 4.88. The highest BCUT2D eigenvalue weighted by atomic mass is 79.9. The number of amides is 1. The van der Waals surface area contributed by atoms with Crippen LogP contribution in [0.25, 0.3) is 0 Å². The Kier molecular flexibility index (Phi) is 4.52. The van der Waals surface area contributed by atoms with Crippen LogP contribution in [-0.4, -0.2) is 13.0 Å². The van der Waals surface area contributed by atoms with Gasteiger partial charge in [0.25, 0.3) is 5.91 Å². The van der Waals surface area contributed by atoms with E-state index in [1.807, 2.05) is 29.6 Å². The lowest BCUT2D eigenvalue weighted by molar-refractivity contribution is 0.103.